The largest absolute Gasteiger partial charge is 0.492 e. The topological polar surface area (TPSA) is 92.3 Å². The number of nitrogens with zero attached hydrogens (tertiary/aromatic N) is 4. The van der Waals surface area contributed by atoms with Crippen LogP contribution in [0.15, 0.2) is 79.0 Å². The lowest BCUT2D eigenvalue weighted by molar-refractivity contribution is 0.101. The highest BCUT2D eigenvalue weighted by atomic mass is 32.1. The van der Waals surface area contributed by atoms with Gasteiger partial charge in [-0.25, -0.2) is 23.7 Å². The maximum Gasteiger partial charge on any atom is 0.261 e. The number of anilines is 3. The van der Waals surface area contributed by atoms with Crippen molar-refractivity contribution in [2.75, 3.05) is 37.9 Å². The number of hydrogen-bond donors (Lipinski definition) is 2. The number of nitrogens with one attached hydrogen (secondary N) is 2. The zero-order chi connectivity index (χ0) is 31.2. The number of hydrogen-bond acceptors (Lipinski definition) is 8. The molecule has 0 aliphatic carbocycles. The van der Waals surface area contributed by atoms with Gasteiger partial charge in [-0.3, -0.25) is 4.79 Å². The van der Waals surface area contributed by atoms with Gasteiger partial charge in [0.15, 0.2) is 0 Å². The summed E-state index contributed by atoms with van der Waals surface area (Å²) in [5.41, 5.74) is 2.58. The second-order valence-electron chi connectivity index (χ2n) is 10.6. The number of rotatable bonds is 11. The molecule has 0 radical (unpaired) electrons. The first-order valence-electron chi connectivity index (χ1n) is 14.0. The molecule has 0 bridgehead atoms. The number of aromatic nitrogens is 3. The van der Waals surface area contributed by atoms with Crippen LogP contribution in [0.1, 0.15) is 35.1 Å². The monoisotopic (exact) mass is 614 g/mol. The quantitative estimate of drug-likeness (QED) is 0.158. The van der Waals surface area contributed by atoms with Crippen molar-refractivity contribution in [3.63, 3.8) is 0 Å². The van der Waals surface area contributed by atoms with Gasteiger partial charge >= 0.3 is 0 Å². The third kappa shape index (κ3) is 7.42. The highest BCUT2D eigenvalue weighted by Gasteiger charge is 2.20. The van der Waals surface area contributed by atoms with E-state index >= 15 is 0 Å². The van der Waals surface area contributed by atoms with E-state index < -0.39 is 23.1 Å². The van der Waals surface area contributed by atoms with Crippen LogP contribution in [0.5, 0.6) is 5.75 Å². The minimum Gasteiger partial charge on any atom is -0.492 e. The van der Waals surface area contributed by atoms with Gasteiger partial charge in [-0.05, 0) is 56.6 Å². The van der Waals surface area contributed by atoms with E-state index in [0.29, 0.717) is 35.2 Å². The first kappa shape index (κ1) is 30.7. The summed E-state index contributed by atoms with van der Waals surface area (Å²) >= 11 is 1.53. The van der Waals surface area contributed by atoms with Crippen LogP contribution in [-0.4, -0.2) is 53.0 Å². The normalized spacial score (nSPS) is 11.2. The molecule has 5 aromatic rings. The van der Waals surface area contributed by atoms with E-state index in [0.717, 1.165) is 40.0 Å². The lowest BCUT2D eigenvalue weighted by Gasteiger charge is -2.12. The molecule has 0 fully saturated rings. The highest BCUT2D eigenvalue weighted by Crippen LogP contribution is 2.39. The first-order valence-corrected chi connectivity index (χ1v) is 14.8. The van der Waals surface area contributed by atoms with E-state index in [1.54, 1.807) is 24.4 Å². The van der Waals surface area contributed by atoms with Gasteiger partial charge in [-0.15, -0.1) is 11.3 Å². The van der Waals surface area contributed by atoms with Crippen LogP contribution in [0.2, 0.25) is 0 Å². The third-order valence-electron chi connectivity index (χ3n) is 6.51. The van der Waals surface area contributed by atoms with E-state index in [1.165, 1.54) is 17.4 Å². The Labute approximate surface area is 258 Å². The average Bonchev–Trinajstić information content (AvgIpc) is 3.44. The van der Waals surface area contributed by atoms with Crippen molar-refractivity contribution in [3.05, 3.63) is 101 Å². The van der Waals surface area contributed by atoms with Crippen molar-refractivity contribution in [3.8, 4) is 27.6 Å². The molecule has 0 atom stereocenters. The first-order chi connectivity index (χ1) is 21.2. The van der Waals surface area contributed by atoms with Gasteiger partial charge in [0.25, 0.3) is 5.91 Å². The molecule has 3 aromatic carbocycles. The summed E-state index contributed by atoms with van der Waals surface area (Å²) in [7, 11) is 3.99. The zero-order valence-electron chi connectivity index (χ0n) is 24.8. The number of ether oxygens (including phenoxy) is 1. The smallest absolute Gasteiger partial charge is 0.261 e. The molecule has 0 spiro atoms. The fourth-order valence-corrected chi connectivity index (χ4v) is 5.35. The molecule has 0 saturated carbocycles. The van der Waals surface area contributed by atoms with E-state index in [9.17, 15) is 13.6 Å². The van der Waals surface area contributed by atoms with Gasteiger partial charge in [0.05, 0.1) is 21.3 Å². The fourth-order valence-electron chi connectivity index (χ4n) is 4.29. The fraction of sp³-hybridized carbons (Fsp3) is 0.212. The van der Waals surface area contributed by atoms with Crippen molar-refractivity contribution in [2.24, 2.45) is 0 Å². The summed E-state index contributed by atoms with van der Waals surface area (Å²) in [6.45, 7) is 5.50. The van der Waals surface area contributed by atoms with Gasteiger partial charge < -0.3 is 20.3 Å². The summed E-state index contributed by atoms with van der Waals surface area (Å²) < 4.78 is 34.3. The Balaban J connectivity index is 1.42. The standard InChI is InChI=1S/C33H32F2N6O2S/c1-20(2)32-40-29(21-8-5-9-22(18-21)37-31(42)28-25(34)12-7-13-26(28)35)30(44-32)27-14-15-36-33(39-27)38-23-10-6-11-24(19-23)43-17-16-41(3)4/h5-15,18-20H,16-17H2,1-4H3,(H,37,42)(H,36,38,39). The van der Waals surface area contributed by atoms with Crippen molar-refractivity contribution < 1.29 is 18.3 Å². The van der Waals surface area contributed by atoms with Crippen LogP contribution in [0.4, 0.5) is 26.1 Å². The van der Waals surface area contributed by atoms with Gasteiger partial charge in [0.2, 0.25) is 5.95 Å². The molecule has 2 heterocycles. The molecule has 0 aliphatic rings. The molecule has 8 nitrogen and oxygen atoms in total. The van der Waals surface area contributed by atoms with Crippen LogP contribution >= 0.6 is 11.3 Å². The Kier molecular flexibility index (Phi) is 9.56. The number of carbonyl (C=O) groups excluding carboxylic acids is 1. The maximum atomic E-state index is 14.2. The number of carbonyl (C=O) groups is 1. The number of thiazole rings is 1. The van der Waals surface area contributed by atoms with Gasteiger partial charge in [0.1, 0.15) is 29.6 Å². The minimum absolute atomic E-state index is 0.161. The SMILES string of the molecule is CC(C)c1nc(-c2cccc(NC(=O)c3c(F)cccc3F)c2)c(-c2ccnc(Nc3cccc(OCCN(C)C)c3)n2)s1. The number of amides is 1. The minimum atomic E-state index is -0.932. The van der Waals surface area contributed by atoms with Crippen LogP contribution < -0.4 is 15.4 Å². The Morgan fingerprint density at radius 1 is 0.955 bits per heavy atom. The predicted molar refractivity (Wildman–Crippen MR) is 171 cm³/mol. The Morgan fingerprint density at radius 2 is 1.68 bits per heavy atom. The molecule has 0 unspecified atom stereocenters. The molecular formula is C33H32F2N6O2S. The molecular weight excluding hydrogens is 582 g/mol. The van der Waals surface area contributed by atoms with Crippen molar-refractivity contribution >= 4 is 34.6 Å². The lowest BCUT2D eigenvalue weighted by atomic mass is 10.1. The van der Waals surface area contributed by atoms with Crippen molar-refractivity contribution in [2.45, 2.75) is 19.8 Å². The average molecular weight is 615 g/mol. The number of likely N-dealkylation sites (N-methyl/N-ethyl adjacent to an activating group) is 1. The van der Waals surface area contributed by atoms with Gasteiger partial charge in [-0.1, -0.05) is 38.1 Å². The molecule has 5 rings (SSSR count). The summed E-state index contributed by atoms with van der Waals surface area (Å²) in [6.07, 6.45) is 1.68. The van der Waals surface area contributed by atoms with Gasteiger partial charge in [0, 0.05) is 41.7 Å². The van der Waals surface area contributed by atoms with Gasteiger partial charge in [-0.2, -0.15) is 0 Å². The molecule has 11 heteroatoms. The maximum absolute atomic E-state index is 14.2. The van der Waals surface area contributed by atoms with E-state index in [4.69, 9.17) is 14.7 Å². The zero-order valence-corrected chi connectivity index (χ0v) is 25.6. The molecule has 0 saturated heterocycles. The summed E-state index contributed by atoms with van der Waals surface area (Å²) in [4.78, 5) is 29.7. The molecule has 1 amide bonds. The molecule has 0 aliphatic heterocycles. The van der Waals surface area contributed by atoms with E-state index in [2.05, 4.69) is 34.4 Å². The molecule has 2 N–H and O–H groups in total. The van der Waals surface area contributed by atoms with Crippen molar-refractivity contribution in [1.29, 1.82) is 0 Å². The Bertz CT molecular complexity index is 1750. The van der Waals surface area contributed by atoms with E-state index in [1.807, 2.05) is 50.5 Å². The second-order valence-corrected chi connectivity index (χ2v) is 11.6. The summed E-state index contributed by atoms with van der Waals surface area (Å²) in [5, 5.41) is 6.78. The molecule has 44 heavy (non-hydrogen) atoms. The molecule has 2 aromatic heterocycles. The van der Waals surface area contributed by atoms with E-state index in [-0.39, 0.29) is 5.92 Å². The van der Waals surface area contributed by atoms with Crippen LogP contribution in [0.3, 0.4) is 0 Å². The summed E-state index contributed by atoms with van der Waals surface area (Å²) in [6, 6.07) is 19.7. The number of halogens is 2. The number of benzene rings is 3. The van der Waals surface area contributed by atoms with Crippen LogP contribution in [-0.2, 0) is 0 Å². The lowest BCUT2D eigenvalue weighted by Crippen LogP contribution is -2.19. The van der Waals surface area contributed by atoms with Crippen LogP contribution in [0.25, 0.3) is 21.8 Å². The summed E-state index contributed by atoms with van der Waals surface area (Å²) in [5.74, 6) is -1.43. The highest BCUT2D eigenvalue weighted by molar-refractivity contribution is 7.15. The van der Waals surface area contributed by atoms with Crippen molar-refractivity contribution in [1.82, 2.24) is 19.9 Å². The third-order valence-corrected chi connectivity index (χ3v) is 7.89. The van der Waals surface area contributed by atoms with Crippen LogP contribution in [0, 0.1) is 11.6 Å². The predicted octanol–water partition coefficient (Wildman–Crippen LogP) is 7.61. The molecule has 226 valence electrons. The Morgan fingerprint density at radius 3 is 2.43 bits per heavy atom. The Hall–Kier alpha value is -4.74. The second kappa shape index (κ2) is 13.7.